The Balaban J connectivity index is 2.93. The lowest BCUT2D eigenvalue weighted by Crippen LogP contribution is -2.42. The van der Waals surface area contributed by atoms with Crippen molar-refractivity contribution in [3.63, 3.8) is 0 Å². The van der Waals surface area contributed by atoms with E-state index in [0.717, 1.165) is 6.42 Å². The van der Waals surface area contributed by atoms with Gasteiger partial charge in [0.25, 0.3) is 0 Å². The van der Waals surface area contributed by atoms with Crippen LogP contribution < -0.4 is 0 Å². The second-order valence-corrected chi connectivity index (χ2v) is 5.33. The Kier molecular flexibility index (Phi) is 5.35. The van der Waals surface area contributed by atoms with Gasteiger partial charge in [-0.2, -0.15) is 0 Å². The molecule has 3 atom stereocenters. The van der Waals surface area contributed by atoms with E-state index in [-0.39, 0.29) is 23.9 Å². The van der Waals surface area contributed by atoms with Crippen LogP contribution in [-0.2, 0) is 19.0 Å². The first-order valence-corrected chi connectivity index (χ1v) is 6.25. The maximum Gasteiger partial charge on any atom is 0.311 e. The highest BCUT2D eigenvalue weighted by atomic mass is 16.5. The van der Waals surface area contributed by atoms with Gasteiger partial charge in [-0.05, 0) is 26.2 Å². The van der Waals surface area contributed by atoms with Gasteiger partial charge in [-0.25, -0.2) is 0 Å². The van der Waals surface area contributed by atoms with E-state index in [1.165, 1.54) is 7.11 Å². The van der Waals surface area contributed by atoms with E-state index < -0.39 is 5.41 Å². The molecule has 1 rings (SSSR count). The van der Waals surface area contributed by atoms with Crippen LogP contribution in [0.2, 0.25) is 0 Å². The van der Waals surface area contributed by atoms with E-state index in [1.54, 1.807) is 14.2 Å². The van der Waals surface area contributed by atoms with Gasteiger partial charge in [0, 0.05) is 20.1 Å². The second kappa shape index (κ2) is 6.34. The molecule has 104 valence electrons. The molecule has 0 aliphatic heterocycles. The fourth-order valence-corrected chi connectivity index (χ4v) is 2.69. The Morgan fingerprint density at radius 1 is 1.28 bits per heavy atom. The third-order valence-corrected chi connectivity index (χ3v) is 3.88. The molecule has 0 unspecified atom stereocenters. The SMILES string of the molecule is COC[C@@H]1C=C[C@@H](OC)C[C@@H]1C(C)(C)C(=O)OC. The smallest absolute Gasteiger partial charge is 0.311 e. The van der Waals surface area contributed by atoms with Crippen molar-refractivity contribution in [2.75, 3.05) is 27.9 Å². The lowest BCUT2D eigenvalue weighted by Gasteiger charge is -2.40. The van der Waals surface area contributed by atoms with Crippen LogP contribution in [0.1, 0.15) is 20.3 Å². The molecule has 0 radical (unpaired) electrons. The monoisotopic (exact) mass is 256 g/mol. The summed E-state index contributed by atoms with van der Waals surface area (Å²) in [5.41, 5.74) is -0.542. The summed E-state index contributed by atoms with van der Waals surface area (Å²) in [7, 11) is 4.80. The molecule has 0 heterocycles. The van der Waals surface area contributed by atoms with Crippen molar-refractivity contribution in [1.82, 2.24) is 0 Å². The number of ether oxygens (including phenoxy) is 3. The maximum atomic E-state index is 11.9. The van der Waals surface area contributed by atoms with Gasteiger partial charge < -0.3 is 14.2 Å². The van der Waals surface area contributed by atoms with Crippen molar-refractivity contribution in [1.29, 1.82) is 0 Å². The van der Waals surface area contributed by atoms with E-state index >= 15 is 0 Å². The Labute approximate surface area is 109 Å². The number of carbonyl (C=O) groups excluding carboxylic acids is 1. The molecular formula is C14H24O4. The summed E-state index contributed by atoms with van der Waals surface area (Å²) in [5.74, 6) is 0.189. The Morgan fingerprint density at radius 3 is 2.44 bits per heavy atom. The standard InChI is InChI=1S/C14H24O4/c1-14(2,13(15)18-5)12-8-11(17-4)7-6-10(12)9-16-3/h6-7,10-12H,8-9H2,1-5H3/t10-,11+,12-/m0/s1. The summed E-state index contributed by atoms with van der Waals surface area (Å²) in [5, 5.41) is 0. The molecule has 1 aliphatic carbocycles. The van der Waals surface area contributed by atoms with Gasteiger partial charge in [0.2, 0.25) is 0 Å². The minimum absolute atomic E-state index is 0.0621. The molecule has 0 amide bonds. The predicted molar refractivity (Wildman–Crippen MR) is 69.2 cm³/mol. The quantitative estimate of drug-likeness (QED) is 0.558. The highest BCUT2D eigenvalue weighted by molar-refractivity contribution is 5.76. The van der Waals surface area contributed by atoms with Crippen LogP contribution in [-0.4, -0.2) is 40.0 Å². The van der Waals surface area contributed by atoms with Crippen molar-refractivity contribution < 1.29 is 19.0 Å². The molecular weight excluding hydrogens is 232 g/mol. The summed E-state index contributed by atoms with van der Waals surface area (Å²) in [4.78, 5) is 11.9. The molecule has 0 N–H and O–H groups in total. The molecule has 0 bridgehead atoms. The van der Waals surface area contributed by atoms with Gasteiger partial charge in [-0.15, -0.1) is 0 Å². The van der Waals surface area contributed by atoms with Crippen molar-refractivity contribution in [2.24, 2.45) is 17.3 Å². The van der Waals surface area contributed by atoms with E-state index in [0.29, 0.717) is 6.61 Å². The molecule has 0 aromatic rings. The van der Waals surface area contributed by atoms with Crippen molar-refractivity contribution in [2.45, 2.75) is 26.4 Å². The lowest BCUT2D eigenvalue weighted by molar-refractivity contribution is -0.156. The second-order valence-electron chi connectivity index (χ2n) is 5.33. The van der Waals surface area contributed by atoms with Gasteiger partial charge in [-0.1, -0.05) is 12.2 Å². The van der Waals surface area contributed by atoms with Crippen LogP contribution in [0.5, 0.6) is 0 Å². The normalized spacial score (nSPS) is 28.2. The average Bonchev–Trinajstić information content (AvgIpc) is 2.38. The van der Waals surface area contributed by atoms with Crippen LogP contribution in [0, 0.1) is 17.3 Å². The first-order valence-electron chi connectivity index (χ1n) is 6.25. The topological polar surface area (TPSA) is 44.8 Å². The fraction of sp³-hybridized carbons (Fsp3) is 0.786. The summed E-state index contributed by atoms with van der Waals surface area (Å²) >= 11 is 0. The average molecular weight is 256 g/mol. The number of methoxy groups -OCH3 is 3. The van der Waals surface area contributed by atoms with Gasteiger partial charge >= 0.3 is 5.97 Å². The van der Waals surface area contributed by atoms with E-state index in [9.17, 15) is 4.79 Å². The number of hydrogen-bond acceptors (Lipinski definition) is 4. The number of esters is 1. The number of carbonyl (C=O) groups is 1. The molecule has 0 saturated carbocycles. The minimum Gasteiger partial charge on any atom is -0.469 e. The van der Waals surface area contributed by atoms with Gasteiger partial charge in [0.1, 0.15) is 0 Å². The molecule has 4 heteroatoms. The minimum atomic E-state index is -0.542. The van der Waals surface area contributed by atoms with Crippen molar-refractivity contribution in [3.05, 3.63) is 12.2 Å². The summed E-state index contributed by atoms with van der Waals surface area (Å²) < 4.78 is 15.5. The van der Waals surface area contributed by atoms with Crippen LogP contribution in [0.15, 0.2) is 12.2 Å². The lowest BCUT2D eigenvalue weighted by atomic mass is 9.67. The predicted octanol–water partition coefficient (Wildman–Crippen LogP) is 2.04. The van der Waals surface area contributed by atoms with Gasteiger partial charge in [0.05, 0.1) is 25.2 Å². The van der Waals surface area contributed by atoms with Gasteiger partial charge in [0.15, 0.2) is 0 Å². The highest BCUT2D eigenvalue weighted by Crippen LogP contribution is 2.41. The summed E-state index contributed by atoms with van der Waals surface area (Å²) in [6, 6.07) is 0. The van der Waals surface area contributed by atoms with Crippen LogP contribution in [0.4, 0.5) is 0 Å². The number of rotatable bonds is 5. The molecule has 0 aromatic heterocycles. The zero-order valence-corrected chi connectivity index (χ0v) is 11.9. The third kappa shape index (κ3) is 3.12. The number of hydrogen-bond donors (Lipinski definition) is 0. The van der Waals surface area contributed by atoms with Crippen molar-refractivity contribution >= 4 is 5.97 Å². The first kappa shape index (κ1) is 15.2. The van der Waals surface area contributed by atoms with Crippen LogP contribution in [0.25, 0.3) is 0 Å². The Morgan fingerprint density at radius 2 is 1.94 bits per heavy atom. The highest BCUT2D eigenvalue weighted by Gasteiger charge is 2.43. The maximum absolute atomic E-state index is 11.9. The summed E-state index contributed by atoms with van der Waals surface area (Å²) in [6.45, 7) is 4.47. The third-order valence-electron chi connectivity index (χ3n) is 3.88. The Hall–Kier alpha value is -0.870. The molecule has 0 aromatic carbocycles. The van der Waals surface area contributed by atoms with E-state index in [4.69, 9.17) is 14.2 Å². The van der Waals surface area contributed by atoms with E-state index in [1.807, 2.05) is 19.9 Å². The fourth-order valence-electron chi connectivity index (χ4n) is 2.69. The molecule has 0 fully saturated rings. The van der Waals surface area contributed by atoms with Crippen LogP contribution in [0.3, 0.4) is 0 Å². The summed E-state index contributed by atoms with van der Waals surface area (Å²) in [6.07, 6.45) is 5.01. The molecule has 0 saturated heterocycles. The largest absolute Gasteiger partial charge is 0.469 e. The van der Waals surface area contributed by atoms with E-state index in [2.05, 4.69) is 6.08 Å². The Bertz CT molecular complexity index is 309. The van der Waals surface area contributed by atoms with Crippen LogP contribution >= 0.6 is 0 Å². The molecule has 0 spiro atoms. The van der Waals surface area contributed by atoms with Gasteiger partial charge in [-0.3, -0.25) is 4.79 Å². The molecule has 4 nitrogen and oxygen atoms in total. The van der Waals surface area contributed by atoms with Crippen molar-refractivity contribution in [3.8, 4) is 0 Å². The molecule has 18 heavy (non-hydrogen) atoms. The first-order chi connectivity index (χ1) is 8.47. The zero-order valence-electron chi connectivity index (χ0n) is 11.9. The zero-order chi connectivity index (χ0) is 13.8. The molecule has 1 aliphatic rings.